The molecule has 0 bridgehead atoms. The van der Waals surface area contributed by atoms with Crippen molar-refractivity contribution in [2.75, 3.05) is 6.54 Å². The van der Waals surface area contributed by atoms with Crippen LogP contribution in [0.2, 0.25) is 0 Å². The van der Waals surface area contributed by atoms with Gasteiger partial charge in [0.25, 0.3) is 0 Å². The Kier molecular flexibility index (Phi) is 5.62. The highest BCUT2D eigenvalue weighted by Crippen LogP contribution is 2.25. The molecule has 1 heterocycles. The molecule has 1 rings (SSSR count). The fourth-order valence-corrected chi connectivity index (χ4v) is 2.79. The maximum atomic E-state index is 5.49. The average Bonchev–Trinajstić information content (AvgIpc) is 2.63. The maximum absolute atomic E-state index is 5.49. The Labute approximate surface area is 114 Å². The van der Waals surface area contributed by atoms with E-state index in [2.05, 4.69) is 56.4 Å². The van der Waals surface area contributed by atoms with E-state index in [0.717, 1.165) is 6.54 Å². The normalized spacial score (nSPS) is 13.8. The van der Waals surface area contributed by atoms with Crippen LogP contribution in [-0.2, 0) is 0 Å². The minimum atomic E-state index is 0.205. The van der Waals surface area contributed by atoms with Crippen LogP contribution < -0.4 is 16.6 Å². The molecule has 0 radical (unpaired) electrons. The van der Waals surface area contributed by atoms with Crippen molar-refractivity contribution < 1.29 is 0 Å². The van der Waals surface area contributed by atoms with E-state index in [-0.39, 0.29) is 6.04 Å². The summed E-state index contributed by atoms with van der Waals surface area (Å²) in [5.41, 5.74) is 3.94. The van der Waals surface area contributed by atoms with Crippen LogP contribution in [0.4, 0.5) is 0 Å². The first kappa shape index (κ1) is 15.0. The van der Waals surface area contributed by atoms with Crippen LogP contribution in [0.5, 0.6) is 0 Å². The quantitative estimate of drug-likeness (QED) is 0.340. The van der Waals surface area contributed by atoms with E-state index in [9.17, 15) is 0 Å². The van der Waals surface area contributed by atoms with Gasteiger partial charge in [-0.3, -0.25) is 10.4 Å². The highest BCUT2D eigenvalue weighted by atomic mass is 32.1. The molecule has 0 aliphatic heterocycles. The second-order valence-corrected chi connectivity index (χ2v) is 6.42. The molecule has 1 unspecified atom stereocenters. The maximum Gasteiger partial charge on any atom is 0.206 e. The van der Waals surface area contributed by atoms with E-state index in [1.807, 2.05) is 11.3 Å². The van der Waals surface area contributed by atoms with Gasteiger partial charge in [0.1, 0.15) is 0 Å². The topological polar surface area (TPSA) is 62.4 Å². The van der Waals surface area contributed by atoms with Gasteiger partial charge in [-0.1, -0.05) is 13.8 Å². The zero-order chi connectivity index (χ0) is 13.7. The number of hydrogen-bond acceptors (Lipinski definition) is 3. The van der Waals surface area contributed by atoms with E-state index < -0.39 is 0 Å². The SMILES string of the molecule is Cc1cc(C(C)NC(=NCC(C)C)NN)c(C)s1. The first-order chi connectivity index (χ1) is 8.43. The minimum Gasteiger partial charge on any atom is -0.349 e. The van der Waals surface area contributed by atoms with Crippen molar-refractivity contribution in [2.45, 2.75) is 40.7 Å². The smallest absolute Gasteiger partial charge is 0.206 e. The first-order valence-corrected chi connectivity index (χ1v) is 7.10. The lowest BCUT2D eigenvalue weighted by Crippen LogP contribution is -2.43. The molecule has 0 spiro atoms. The number of hydrogen-bond donors (Lipinski definition) is 3. The molecule has 0 amide bonds. The number of nitrogens with zero attached hydrogens (tertiary/aromatic N) is 1. The van der Waals surface area contributed by atoms with E-state index in [1.165, 1.54) is 15.3 Å². The molecule has 102 valence electrons. The molecule has 0 saturated carbocycles. The third kappa shape index (κ3) is 4.31. The van der Waals surface area contributed by atoms with Gasteiger partial charge in [-0.15, -0.1) is 11.3 Å². The molecule has 5 heteroatoms. The molecule has 0 fully saturated rings. The van der Waals surface area contributed by atoms with Crippen LogP contribution in [0.25, 0.3) is 0 Å². The lowest BCUT2D eigenvalue weighted by atomic mass is 10.1. The highest BCUT2D eigenvalue weighted by molar-refractivity contribution is 7.12. The van der Waals surface area contributed by atoms with Crippen molar-refractivity contribution in [3.8, 4) is 0 Å². The van der Waals surface area contributed by atoms with Crippen molar-refractivity contribution in [1.82, 2.24) is 10.7 Å². The second kappa shape index (κ2) is 6.75. The summed E-state index contributed by atoms with van der Waals surface area (Å²) in [4.78, 5) is 7.09. The standard InChI is InChI=1S/C13H24N4S/c1-8(2)7-15-13(17-14)16-10(4)12-6-9(3)18-11(12)5/h6,8,10H,7,14H2,1-5H3,(H2,15,16,17). The van der Waals surface area contributed by atoms with Crippen LogP contribution in [0.1, 0.15) is 42.1 Å². The highest BCUT2D eigenvalue weighted by Gasteiger charge is 2.12. The number of rotatable bonds is 4. The van der Waals surface area contributed by atoms with E-state index in [4.69, 9.17) is 5.84 Å². The molecule has 1 aromatic rings. The molecule has 1 atom stereocenters. The molecular formula is C13H24N4S. The Bertz CT molecular complexity index is 409. The third-order valence-corrected chi connectivity index (χ3v) is 3.63. The zero-order valence-electron chi connectivity index (χ0n) is 11.9. The van der Waals surface area contributed by atoms with Gasteiger partial charge in [-0.25, -0.2) is 5.84 Å². The molecule has 4 N–H and O–H groups in total. The Morgan fingerprint density at radius 3 is 2.50 bits per heavy atom. The van der Waals surface area contributed by atoms with E-state index in [0.29, 0.717) is 11.9 Å². The predicted octanol–water partition coefficient (Wildman–Crippen LogP) is 2.49. The zero-order valence-corrected chi connectivity index (χ0v) is 12.7. The summed E-state index contributed by atoms with van der Waals surface area (Å²) in [6, 6.07) is 2.42. The van der Waals surface area contributed by atoms with Gasteiger partial charge >= 0.3 is 0 Å². The average molecular weight is 268 g/mol. The molecule has 0 aromatic carbocycles. The summed E-state index contributed by atoms with van der Waals surface area (Å²) < 4.78 is 0. The van der Waals surface area contributed by atoms with Gasteiger partial charge in [-0.2, -0.15) is 0 Å². The largest absolute Gasteiger partial charge is 0.349 e. The van der Waals surface area contributed by atoms with Crippen molar-refractivity contribution in [3.05, 3.63) is 21.4 Å². The molecule has 4 nitrogen and oxygen atoms in total. The second-order valence-electron chi connectivity index (χ2n) is 4.96. The van der Waals surface area contributed by atoms with Gasteiger partial charge in [0, 0.05) is 16.3 Å². The molecule has 0 saturated heterocycles. The molecule has 18 heavy (non-hydrogen) atoms. The van der Waals surface area contributed by atoms with Gasteiger partial charge in [-0.05, 0) is 38.3 Å². The lowest BCUT2D eigenvalue weighted by molar-refractivity contribution is 0.642. The molecular weight excluding hydrogens is 244 g/mol. The molecule has 1 aromatic heterocycles. The fourth-order valence-electron chi connectivity index (χ4n) is 1.77. The number of nitrogens with two attached hydrogens (primary N) is 1. The Hall–Kier alpha value is -1.07. The molecule has 0 aliphatic rings. The van der Waals surface area contributed by atoms with Gasteiger partial charge in [0.2, 0.25) is 5.96 Å². The number of aliphatic imine (C=N–C) groups is 1. The number of thiophene rings is 1. The summed E-state index contributed by atoms with van der Waals surface area (Å²) >= 11 is 1.82. The summed E-state index contributed by atoms with van der Waals surface area (Å²) in [5.74, 6) is 6.66. The number of hydrazine groups is 1. The number of aryl methyl sites for hydroxylation is 2. The first-order valence-electron chi connectivity index (χ1n) is 6.28. The Balaban J connectivity index is 2.70. The van der Waals surface area contributed by atoms with Crippen LogP contribution in [-0.4, -0.2) is 12.5 Å². The minimum absolute atomic E-state index is 0.205. The monoisotopic (exact) mass is 268 g/mol. The van der Waals surface area contributed by atoms with E-state index in [1.54, 1.807) is 0 Å². The fraction of sp³-hybridized carbons (Fsp3) is 0.615. The van der Waals surface area contributed by atoms with Gasteiger partial charge in [0.15, 0.2) is 0 Å². The van der Waals surface area contributed by atoms with Crippen molar-refractivity contribution in [1.29, 1.82) is 0 Å². The van der Waals surface area contributed by atoms with Crippen LogP contribution in [0, 0.1) is 19.8 Å². The van der Waals surface area contributed by atoms with Crippen LogP contribution in [0.15, 0.2) is 11.1 Å². The number of nitrogens with one attached hydrogen (secondary N) is 2. The van der Waals surface area contributed by atoms with E-state index >= 15 is 0 Å². The molecule has 0 aliphatic carbocycles. The predicted molar refractivity (Wildman–Crippen MR) is 79.8 cm³/mol. The van der Waals surface area contributed by atoms with Crippen LogP contribution >= 0.6 is 11.3 Å². The van der Waals surface area contributed by atoms with Gasteiger partial charge in [0.05, 0.1) is 6.04 Å². The Morgan fingerprint density at radius 1 is 1.39 bits per heavy atom. The van der Waals surface area contributed by atoms with Gasteiger partial charge < -0.3 is 5.32 Å². The van der Waals surface area contributed by atoms with Crippen LogP contribution in [0.3, 0.4) is 0 Å². The number of guanidine groups is 1. The van der Waals surface area contributed by atoms with Crippen molar-refractivity contribution in [3.63, 3.8) is 0 Å². The van der Waals surface area contributed by atoms with Crippen molar-refractivity contribution >= 4 is 17.3 Å². The summed E-state index contributed by atoms with van der Waals surface area (Å²) in [5, 5.41) is 3.31. The lowest BCUT2D eigenvalue weighted by Gasteiger charge is -2.17. The Morgan fingerprint density at radius 2 is 2.06 bits per heavy atom. The summed E-state index contributed by atoms with van der Waals surface area (Å²) in [6.45, 7) is 11.4. The third-order valence-electron chi connectivity index (χ3n) is 2.65. The summed E-state index contributed by atoms with van der Waals surface area (Å²) in [6.07, 6.45) is 0. The van der Waals surface area contributed by atoms with Crippen molar-refractivity contribution in [2.24, 2.45) is 16.8 Å². The summed E-state index contributed by atoms with van der Waals surface area (Å²) in [7, 11) is 0.